The first-order valence-electron chi connectivity index (χ1n) is 9.27. The van der Waals surface area contributed by atoms with E-state index in [-0.39, 0.29) is 17.1 Å². The van der Waals surface area contributed by atoms with Gasteiger partial charge in [0.1, 0.15) is 17.5 Å². The maximum absolute atomic E-state index is 12.8. The van der Waals surface area contributed by atoms with Gasteiger partial charge in [-0.2, -0.15) is 0 Å². The number of urea groups is 1. The van der Waals surface area contributed by atoms with Crippen molar-refractivity contribution in [3.05, 3.63) is 94.2 Å². The summed E-state index contributed by atoms with van der Waals surface area (Å²) in [6.07, 6.45) is 2.45. The molecular weight excluding hydrogens is 416 g/mol. The van der Waals surface area contributed by atoms with Gasteiger partial charge in [0.15, 0.2) is 0 Å². The number of hydrogen-bond donors (Lipinski definition) is 1. The molecule has 1 aliphatic rings. The fraction of sp³-hybridized carbons (Fsp3) is 0. The summed E-state index contributed by atoms with van der Waals surface area (Å²) in [4.78, 5) is 52.1. The van der Waals surface area contributed by atoms with Crippen LogP contribution in [0.1, 0.15) is 5.56 Å². The molecule has 32 heavy (non-hydrogen) atoms. The topological polar surface area (TPSA) is 132 Å². The molecule has 10 nitrogen and oxygen atoms in total. The summed E-state index contributed by atoms with van der Waals surface area (Å²) >= 11 is 0. The molecule has 4 rings (SSSR count). The molecule has 2 aromatic carbocycles. The van der Waals surface area contributed by atoms with Crippen molar-refractivity contribution in [1.29, 1.82) is 0 Å². The van der Waals surface area contributed by atoms with Gasteiger partial charge in [-0.05, 0) is 35.9 Å². The van der Waals surface area contributed by atoms with Crippen LogP contribution < -0.4 is 15.0 Å². The van der Waals surface area contributed by atoms with Crippen LogP contribution in [0.3, 0.4) is 0 Å². The molecule has 0 unspecified atom stereocenters. The standard InChI is InChI=1S/C22H14N4O6/c27-20-18(21(28)25(22(29)24-20)15-4-2-1-3-5-15)12-14-6-9-17(10-7-14)32-19-11-8-16(13-23-19)26(30)31/h1-13H,(H,24,27,29)/b18-12+. The minimum Gasteiger partial charge on any atom is -0.439 e. The van der Waals surface area contributed by atoms with Gasteiger partial charge in [0.2, 0.25) is 5.88 Å². The van der Waals surface area contributed by atoms with Gasteiger partial charge in [0.25, 0.3) is 17.5 Å². The predicted molar refractivity (Wildman–Crippen MR) is 113 cm³/mol. The molecule has 2 heterocycles. The Morgan fingerprint density at radius 2 is 1.69 bits per heavy atom. The lowest BCUT2D eigenvalue weighted by Crippen LogP contribution is -2.54. The van der Waals surface area contributed by atoms with Crippen molar-refractivity contribution in [2.45, 2.75) is 0 Å². The van der Waals surface area contributed by atoms with Crippen LogP contribution in [0, 0.1) is 10.1 Å². The number of ether oxygens (including phenoxy) is 1. The van der Waals surface area contributed by atoms with E-state index in [0.717, 1.165) is 11.1 Å². The van der Waals surface area contributed by atoms with Gasteiger partial charge < -0.3 is 4.74 Å². The molecular formula is C22H14N4O6. The first-order chi connectivity index (χ1) is 15.4. The summed E-state index contributed by atoms with van der Waals surface area (Å²) in [5.74, 6) is -0.961. The van der Waals surface area contributed by atoms with E-state index >= 15 is 0 Å². The number of hydrogen-bond acceptors (Lipinski definition) is 7. The Kier molecular flexibility index (Phi) is 5.41. The molecule has 0 spiro atoms. The molecule has 158 valence electrons. The lowest BCUT2D eigenvalue weighted by Gasteiger charge is -2.26. The molecule has 1 aliphatic heterocycles. The summed E-state index contributed by atoms with van der Waals surface area (Å²) in [6, 6.07) is 16.5. The number of benzene rings is 2. The van der Waals surface area contributed by atoms with E-state index in [1.54, 1.807) is 54.6 Å². The zero-order chi connectivity index (χ0) is 22.7. The normalized spacial score (nSPS) is 14.9. The van der Waals surface area contributed by atoms with Gasteiger partial charge in [0, 0.05) is 12.1 Å². The minimum atomic E-state index is -0.817. The third kappa shape index (κ3) is 4.19. The van der Waals surface area contributed by atoms with Gasteiger partial charge in [-0.1, -0.05) is 30.3 Å². The highest BCUT2D eigenvalue weighted by Gasteiger charge is 2.36. The van der Waals surface area contributed by atoms with Crippen molar-refractivity contribution >= 4 is 35.3 Å². The van der Waals surface area contributed by atoms with Gasteiger partial charge in [-0.25, -0.2) is 14.7 Å². The van der Waals surface area contributed by atoms with Gasteiger partial charge >= 0.3 is 6.03 Å². The highest BCUT2D eigenvalue weighted by molar-refractivity contribution is 6.39. The first-order valence-corrected chi connectivity index (χ1v) is 9.27. The van der Waals surface area contributed by atoms with Crippen LogP contribution in [-0.4, -0.2) is 27.8 Å². The SMILES string of the molecule is O=C1NC(=O)N(c2ccccc2)C(=O)/C1=C/c1ccc(Oc2ccc([N+](=O)[O-])cn2)cc1. The summed E-state index contributed by atoms with van der Waals surface area (Å²) < 4.78 is 5.54. The van der Waals surface area contributed by atoms with E-state index in [0.29, 0.717) is 17.0 Å². The van der Waals surface area contributed by atoms with E-state index in [9.17, 15) is 24.5 Å². The van der Waals surface area contributed by atoms with Crippen LogP contribution in [0.2, 0.25) is 0 Å². The highest BCUT2D eigenvalue weighted by Crippen LogP contribution is 2.24. The van der Waals surface area contributed by atoms with Crippen molar-refractivity contribution < 1.29 is 24.0 Å². The average molecular weight is 430 g/mol. The monoisotopic (exact) mass is 430 g/mol. The number of pyridine rings is 1. The zero-order valence-corrected chi connectivity index (χ0v) is 16.3. The van der Waals surface area contributed by atoms with Gasteiger partial charge in [-0.3, -0.25) is 25.0 Å². The van der Waals surface area contributed by atoms with Crippen LogP contribution in [-0.2, 0) is 9.59 Å². The third-order valence-electron chi connectivity index (χ3n) is 4.46. The number of para-hydroxylation sites is 1. The molecule has 3 aromatic rings. The molecule has 0 atom stereocenters. The summed E-state index contributed by atoms with van der Waals surface area (Å²) in [5, 5.41) is 12.8. The van der Waals surface area contributed by atoms with E-state index in [2.05, 4.69) is 10.3 Å². The number of aromatic nitrogens is 1. The Balaban J connectivity index is 1.53. The lowest BCUT2D eigenvalue weighted by molar-refractivity contribution is -0.385. The Hall–Kier alpha value is -4.86. The highest BCUT2D eigenvalue weighted by atomic mass is 16.6. The number of rotatable bonds is 5. The number of nitrogens with zero attached hydrogens (tertiary/aromatic N) is 3. The number of carbonyl (C=O) groups excluding carboxylic acids is 3. The average Bonchev–Trinajstić information content (AvgIpc) is 2.79. The van der Waals surface area contributed by atoms with Crippen LogP contribution in [0.4, 0.5) is 16.2 Å². The second-order valence-corrected chi connectivity index (χ2v) is 6.58. The van der Waals surface area contributed by atoms with Gasteiger partial charge in [-0.15, -0.1) is 0 Å². The number of nitrogens with one attached hydrogen (secondary N) is 1. The lowest BCUT2D eigenvalue weighted by atomic mass is 10.1. The predicted octanol–water partition coefficient (Wildman–Crippen LogP) is 3.45. The molecule has 4 amide bonds. The fourth-order valence-corrected chi connectivity index (χ4v) is 2.93. The Morgan fingerprint density at radius 3 is 2.31 bits per heavy atom. The Morgan fingerprint density at radius 1 is 0.969 bits per heavy atom. The maximum Gasteiger partial charge on any atom is 0.335 e. The molecule has 1 N–H and O–H groups in total. The molecule has 10 heteroatoms. The number of carbonyl (C=O) groups is 3. The first kappa shape index (κ1) is 20.4. The third-order valence-corrected chi connectivity index (χ3v) is 4.46. The summed E-state index contributed by atoms with van der Waals surface area (Å²) in [7, 11) is 0. The molecule has 1 saturated heterocycles. The number of barbiturate groups is 1. The maximum atomic E-state index is 12.8. The van der Waals surface area contributed by atoms with Crippen molar-refractivity contribution in [2.24, 2.45) is 0 Å². The molecule has 0 radical (unpaired) electrons. The summed E-state index contributed by atoms with van der Waals surface area (Å²) in [5.41, 5.74) is 0.513. The van der Waals surface area contributed by atoms with Crippen LogP contribution in [0.25, 0.3) is 6.08 Å². The van der Waals surface area contributed by atoms with E-state index in [1.807, 2.05) is 0 Å². The summed E-state index contributed by atoms with van der Waals surface area (Å²) in [6.45, 7) is 0. The smallest absolute Gasteiger partial charge is 0.335 e. The van der Waals surface area contributed by atoms with Crippen molar-refractivity contribution in [1.82, 2.24) is 10.3 Å². The Labute approximate surface area is 180 Å². The van der Waals surface area contributed by atoms with E-state index in [4.69, 9.17) is 4.74 Å². The van der Waals surface area contributed by atoms with Gasteiger partial charge in [0.05, 0.1) is 10.6 Å². The minimum absolute atomic E-state index is 0.155. The molecule has 0 saturated carbocycles. The molecule has 1 aromatic heterocycles. The quantitative estimate of drug-likeness (QED) is 0.284. The Bertz CT molecular complexity index is 1240. The number of imide groups is 2. The number of nitro groups is 1. The number of anilines is 1. The van der Waals surface area contributed by atoms with Crippen LogP contribution in [0.5, 0.6) is 11.6 Å². The molecule has 1 fully saturated rings. The van der Waals surface area contributed by atoms with Crippen molar-refractivity contribution in [3.63, 3.8) is 0 Å². The second-order valence-electron chi connectivity index (χ2n) is 6.58. The molecule has 0 aliphatic carbocycles. The fourth-order valence-electron chi connectivity index (χ4n) is 2.93. The van der Waals surface area contributed by atoms with Crippen molar-refractivity contribution in [2.75, 3.05) is 4.90 Å². The molecule has 0 bridgehead atoms. The van der Waals surface area contributed by atoms with Crippen molar-refractivity contribution in [3.8, 4) is 11.6 Å². The van der Waals surface area contributed by atoms with E-state index < -0.39 is 22.8 Å². The zero-order valence-electron chi connectivity index (χ0n) is 16.3. The largest absolute Gasteiger partial charge is 0.439 e. The van der Waals surface area contributed by atoms with Crippen LogP contribution in [0.15, 0.2) is 78.5 Å². The van der Waals surface area contributed by atoms with Crippen LogP contribution >= 0.6 is 0 Å². The number of amides is 4. The second kappa shape index (κ2) is 8.48. The van der Waals surface area contributed by atoms with E-state index in [1.165, 1.54) is 18.2 Å².